The summed E-state index contributed by atoms with van der Waals surface area (Å²) in [5.74, 6) is -0.299. The molecule has 4 rings (SSSR count). The number of aryl methyl sites for hydroxylation is 1. The number of rotatable bonds is 9. The molecule has 2 N–H and O–H groups in total. The third kappa shape index (κ3) is 9.68. The normalized spacial score (nSPS) is 18.8. The van der Waals surface area contributed by atoms with Gasteiger partial charge in [-0.15, -0.1) is 0 Å². The van der Waals surface area contributed by atoms with Crippen molar-refractivity contribution in [2.24, 2.45) is 17.3 Å². The Morgan fingerprint density at radius 1 is 0.917 bits per heavy atom. The molecule has 260 valence electrons. The predicted octanol–water partition coefficient (Wildman–Crippen LogP) is 8.41. The summed E-state index contributed by atoms with van der Waals surface area (Å²) in [5, 5.41) is 14.6. The molecule has 3 aromatic rings. The molecule has 3 aromatic heterocycles. The molecule has 1 unspecified atom stereocenters. The van der Waals surface area contributed by atoms with Gasteiger partial charge in [0.15, 0.2) is 0 Å². The molecule has 0 saturated heterocycles. The third-order valence-electron chi connectivity index (χ3n) is 8.22. The van der Waals surface area contributed by atoms with Crippen LogP contribution < -0.4 is 5.32 Å². The van der Waals surface area contributed by atoms with Gasteiger partial charge in [0.2, 0.25) is 0 Å². The molecule has 0 amide bonds. The van der Waals surface area contributed by atoms with E-state index in [-0.39, 0.29) is 17.3 Å². The predicted molar refractivity (Wildman–Crippen MR) is 176 cm³/mol. The van der Waals surface area contributed by atoms with Gasteiger partial charge in [-0.1, -0.05) is 20.8 Å². The number of aromatic nitrogens is 3. The van der Waals surface area contributed by atoms with Crippen LogP contribution in [0.1, 0.15) is 97.4 Å². The highest BCUT2D eigenvalue weighted by atomic mass is 19.3. The van der Waals surface area contributed by atoms with Gasteiger partial charge in [-0.25, -0.2) is 23.5 Å². The molecule has 1 fully saturated rings. The van der Waals surface area contributed by atoms with Gasteiger partial charge < -0.3 is 24.6 Å². The third-order valence-corrected chi connectivity index (χ3v) is 8.22. The van der Waals surface area contributed by atoms with E-state index in [9.17, 15) is 23.5 Å². The number of esters is 1. The van der Waals surface area contributed by atoms with E-state index in [2.05, 4.69) is 20.3 Å². The smallest absolute Gasteiger partial charge is 0.428 e. The van der Waals surface area contributed by atoms with Crippen molar-refractivity contribution < 1.29 is 37.7 Å². The summed E-state index contributed by atoms with van der Waals surface area (Å²) < 4.78 is 42.6. The number of pyridine rings is 3. The van der Waals surface area contributed by atoms with Crippen molar-refractivity contribution in [3.63, 3.8) is 0 Å². The lowest BCUT2D eigenvalue weighted by Crippen LogP contribution is -2.41. The van der Waals surface area contributed by atoms with Crippen molar-refractivity contribution in [2.45, 2.75) is 105 Å². The lowest BCUT2D eigenvalue weighted by molar-refractivity contribution is -0.200. The van der Waals surface area contributed by atoms with Gasteiger partial charge in [-0.2, -0.15) is 0 Å². The van der Waals surface area contributed by atoms with E-state index >= 15 is 0 Å². The Bertz CT molecular complexity index is 1580. The molecule has 0 radical (unpaired) electrons. The van der Waals surface area contributed by atoms with Crippen LogP contribution in [0.4, 0.5) is 25.2 Å². The Balaban J connectivity index is 1.39. The van der Waals surface area contributed by atoms with Crippen LogP contribution in [0.2, 0.25) is 0 Å². The molecular formula is C36H46F2N4O6. The van der Waals surface area contributed by atoms with Gasteiger partial charge >= 0.3 is 12.1 Å². The maximum atomic E-state index is 13.1. The highest BCUT2D eigenvalue weighted by Gasteiger charge is 2.41. The second-order valence-corrected chi connectivity index (χ2v) is 14.7. The van der Waals surface area contributed by atoms with Crippen molar-refractivity contribution in [3.8, 4) is 11.3 Å². The number of anilines is 2. The lowest BCUT2D eigenvalue weighted by atomic mass is 9.73. The Hall–Kier alpha value is -4.19. The minimum atomic E-state index is -2.61. The van der Waals surface area contributed by atoms with Crippen LogP contribution in [0, 0.1) is 24.2 Å². The summed E-state index contributed by atoms with van der Waals surface area (Å²) in [6, 6.07) is 9.82. The fraction of sp³-hybridized carbons (Fsp3) is 0.528. The Kier molecular flexibility index (Phi) is 11.1. The van der Waals surface area contributed by atoms with Crippen LogP contribution in [-0.4, -0.2) is 44.1 Å². The minimum Gasteiger partial charge on any atom is -0.428 e. The summed E-state index contributed by atoms with van der Waals surface area (Å²) in [5.41, 5.74) is -0.0986. The van der Waals surface area contributed by atoms with Gasteiger partial charge in [-0.05, 0) is 108 Å². The fourth-order valence-corrected chi connectivity index (χ4v) is 5.55. The molecule has 1 aliphatic carbocycles. The summed E-state index contributed by atoms with van der Waals surface area (Å²) in [6.45, 7) is 14.2. The highest BCUT2D eigenvalue weighted by molar-refractivity contribution is 5.73. The van der Waals surface area contributed by atoms with E-state index in [0.717, 1.165) is 5.56 Å². The second-order valence-electron chi connectivity index (χ2n) is 14.7. The number of nitrogens with zero attached hydrogens (tertiary/aromatic N) is 3. The molecule has 1 saturated carbocycles. The Morgan fingerprint density at radius 3 is 2.19 bits per heavy atom. The number of carbonyl (C=O) groups is 2. The number of ether oxygens (including phenoxy) is 3. The highest BCUT2D eigenvalue weighted by Crippen LogP contribution is 2.41. The van der Waals surface area contributed by atoms with E-state index in [0.29, 0.717) is 48.5 Å². The maximum Gasteiger partial charge on any atom is 0.511 e. The van der Waals surface area contributed by atoms with Gasteiger partial charge in [0, 0.05) is 28.9 Å². The van der Waals surface area contributed by atoms with Crippen LogP contribution in [0.15, 0.2) is 48.8 Å². The lowest BCUT2D eigenvalue weighted by Gasteiger charge is -2.38. The zero-order valence-electron chi connectivity index (χ0n) is 28.8. The van der Waals surface area contributed by atoms with Gasteiger partial charge in [0.05, 0.1) is 17.3 Å². The number of hydrogen-bond acceptors (Lipinski definition) is 10. The molecule has 3 heterocycles. The van der Waals surface area contributed by atoms with Crippen molar-refractivity contribution >= 4 is 23.8 Å². The number of alkyl halides is 2. The van der Waals surface area contributed by atoms with Crippen LogP contribution in [0.25, 0.3) is 11.3 Å². The van der Waals surface area contributed by atoms with Crippen LogP contribution in [0.3, 0.4) is 0 Å². The van der Waals surface area contributed by atoms with Crippen molar-refractivity contribution in [3.05, 3.63) is 65.6 Å². The SMILES string of the molecule is Cc1cc(Nc2cc(C(F)F)ccn2)nc(-c2ccc([C@](C)(O)C3CCC(C(=O)OC(OC(=O)OC(C)(C)C)C(C)(C)C)CC3)nc2)c1. The topological polar surface area (TPSA) is 133 Å². The number of aliphatic hydroxyl groups is 1. The van der Waals surface area contributed by atoms with Crippen molar-refractivity contribution in [2.75, 3.05) is 5.32 Å². The Labute approximate surface area is 280 Å². The van der Waals surface area contributed by atoms with E-state index in [4.69, 9.17) is 14.2 Å². The largest absolute Gasteiger partial charge is 0.511 e. The van der Waals surface area contributed by atoms with Crippen molar-refractivity contribution in [1.29, 1.82) is 0 Å². The molecule has 48 heavy (non-hydrogen) atoms. The van der Waals surface area contributed by atoms with E-state index in [1.807, 2.05) is 39.8 Å². The molecule has 1 aliphatic rings. The summed E-state index contributed by atoms with van der Waals surface area (Å²) in [7, 11) is 0. The first-order valence-corrected chi connectivity index (χ1v) is 16.1. The average Bonchev–Trinajstić information content (AvgIpc) is 2.99. The average molecular weight is 669 g/mol. The van der Waals surface area contributed by atoms with Gasteiger partial charge in [-0.3, -0.25) is 9.78 Å². The molecule has 2 atom stereocenters. The first-order chi connectivity index (χ1) is 22.3. The quantitative estimate of drug-likeness (QED) is 0.169. The molecule has 0 spiro atoms. The van der Waals surface area contributed by atoms with E-state index < -0.39 is 47.4 Å². The van der Waals surface area contributed by atoms with Crippen LogP contribution in [-0.2, 0) is 24.6 Å². The summed E-state index contributed by atoms with van der Waals surface area (Å²) in [4.78, 5) is 38.8. The molecule has 0 aromatic carbocycles. The van der Waals surface area contributed by atoms with Crippen molar-refractivity contribution in [1.82, 2.24) is 15.0 Å². The molecule has 10 nitrogen and oxygen atoms in total. The van der Waals surface area contributed by atoms with Crippen LogP contribution in [0.5, 0.6) is 0 Å². The van der Waals surface area contributed by atoms with E-state index in [1.165, 1.54) is 18.3 Å². The van der Waals surface area contributed by atoms with Crippen LogP contribution >= 0.6 is 0 Å². The fourth-order valence-electron chi connectivity index (χ4n) is 5.55. The Morgan fingerprint density at radius 2 is 1.60 bits per heavy atom. The second kappa shape index (κ2) is 14.5. The maximum absolute atomic E-state index is 13.1. The first-order valence-electron chi connectivity index (χ1n) is 16.1. The number of halogens is 2. The zero-order valence-corrected chi connectivity index (χ0v) is 28.8. The molecule has 0 bridgehead atoms. The number of carbonyl (C=O) groups excluding carboxylic acids is 2. The zero-order chi connectivity index (χ0) is 35.4. The number of hydrogen-bond donors (Lipinski definition) is 2. The summed E-state index contributed by atoms with van der Waals surface area (Å²) >= 11 is 0. The molecular weight excluding hydrogens is 622 g/mol. The van der Waals surface area contributed by atoms with Gasteiger partial charge in [0.25, 0.3) is 12.7 Å². The standard InChI is InChI=1S/C36H46F2N4O6/c1-21-17-26(41-29(18-21)42-28-19-23(30(37)38)15-16-39-28)24-11-14-27(40-20-24)36(8,45)25-12-9-22(10-13-25)31(43)46-32(34(2,3)4)47-33(44)48-35(5,6)7/h11,14-20,22,25,30,32,45H,9-10,12-13H2,1-8H3,(H,39,41,42)/t22?,25?,32?,36-/m1/s1. The number of nitrogens with one attached hydrogen (secondary N) is 1. The minimum absolute atomic E-state index is 0.139. The molecule has 0 aliphatic heterocycles. The van der Waals surface area contributed by atoms with Gasteiger partial charge in [0.1, 0.15) is 22.8 Å². The van der Waals surface area contributed by atoms with E-state index in [1.54, 1.807) is 46.0 Å². The monoisotopic (exact) mass is 668 g/mol. The summed E-state index contributed by atoms with van der Waals surface area (Å²) in [6.07, 6.45) is 0.465. The molecule has 12 heteroatoms. The first kappa shape index (κ1) is 36.6.